The van der Waals surface area contributed by atoms with Crippen molar-refractivity contribution in [1.82, 2.24) is 9.47 Å². The fourth-order valence-corrected chi connectivity index (χ4v) is 4.65. The molecule has 4 rings (SSSR count). The molecule has 1 heterocycles. The van der Waals surface area contributed by atoms with E-state index in [2.05, 4.69) is 28.9 Å². The highest BCUT2D eigenvalue weighted by atomic mass is 19.1. The van der Waals surface area contributed by atoms with Crippen LogP contribution in [-0.4, -0.2) is 21.5 Å². The molecule has 3 aromatic rings. The van der Waals surface area contributed by atoms with Crippen LogP contribution >= 0.6 is 0 Å². The zero-order valence-electron chi connectivity index (χ0n) is 18.8. The second kappa shape index (κ2) is 10.5. The molecule has 1 aliphatic rings. The van der Waals surface area contributed by atoms with Gasteiger partial charge < -0.3 is 14.8 Å². The van der Waals surface area contributed by atoms with E-state index in [-0.39, 0.29) is 17.9 Å². The van der Waals surface area contributed by atoms with Crippen molar-refractivity contribution in [3.05, 3.63) is 89.5 Å². The molecule has 1 N–H and O–H groups in total. The van der Waals surface area contributed by atoms with E-state index in [1.165, 1.54) is 12.5 Å². The van der Waals surface area contributed by atoms with Gasteiger partial charge in [0.1, 0.15) is 5.82 Å². The molecule has 2 amide bonds. The van der Waals surface area contributed by atoms with E-state index in [9.17, 15) is 9.18 Å². The summed E-state index contributed by atoms with van der Waals surface area (Å²) < 4.78 is 15.8. The van der Waals surface area contributed by atoms with Gasteiger partial charge in [0.25, 0.3) is 0 Å². The summed E-state index contributed by atoms with van der Waals surface area (Å²) in [7, 11) is 0. The van der Waals surface area contributed by atoms with Gasteiger partial charge in [-0.2, -0.15) is 0 Å². The Morgan fingerprint density at radius 1 is 1.06 bits per heavy atom. The third-order valence-corrected chi connectivity index (χ3v) is 6.41. The van der Waals surface area contributed by atoms with Gasteiger partial charge in [0.2, 0.25) is 0 Å². The standard InChI is InChI=1S/C27H32FN3O/c1-2-22-11-6-7-16-26(22)29-27(32)31(24-13-4-3-5-14-24)20-25-15-9-17-30(25)19-21-10-8-12-23(28)18-21/h6-12,15-18,24H,2-5,13-14,19-20H2,1H3,(H,29,32). The maximum atomic E-state index is 13.7. The Kier molecular flexibility index (Phi) is 7.25. The van der Waals surface area contributed by atoms with Crippen molar-refractivity contribution in [3.8, 4) is 0 Å². The Morgan fingerprint density at radius 3 is 2.66 bits per heavy atom. The number of nitrogens with zero attached hydrogens (tertiary/aromatic N) is 2. The molecule has 0 saturated heterocycles. The molecular weight excluding hydrogens is 401 g/mol. The molecule has 0 aliphatic heterocycles. The molecule has 1 fully saturated rings. The molecule has 1 aliphatic carbocycles. The van der Waals surface area contributed by atoms with E-state index < -0.39 is 0 Å². The Bertz CT molecular complexity index is 1040. The van der Waals surface area contributed by atoms with Gasteiger partial charge in [-0.25, -0.2) is 9.18 Å². The third kappa shape index (κ3) is 5.39. The number of hydrogen-bond donors (Lipinski definition) is 1. The second-order valence-corrected chi connectivity index (χ2v) is 8.62. The first-order valence-corrected chi connectivity index (χ1v) is 11.7. The molecule has 1 aromatic heterocycles. The maximum absolute atomic E-state index is 13.7. The van der Waals surface area contributed by atoms with E-state index >= 15 is 0 Å². The molecular formula is C27H32FN3O. The average Bonchev–Trinajstić information content (AvgIpc) is 3.25. The summed E-state index contributed by atoms with van der Waals surface area (Å²) in [5.41, 5.74) is 3.99. The van der Waals surface area contributed by atoms with E-state index in [4.69, 9.17) is 0 Å². The Morgan fingerprint density at radius 2 is 1.88 bits per heavy atom. The van der Waals surface area contributed by atoms with Crippen LogP contribution in [0.2, 0.25) is 0 Å². The van der Waals surface area contributed by atoms with E-state index in [1.807, 2.05) is 41.4 Å². The van der Waals surface area contributed by atoms with Crippen LogP contribution in [0.25, 0.3) is 0 Å². The number of para-hydroxylation sites is 1. The van der Waals surface area contributed by atoms with Gasteiger partial charge in [0.15, 0.2) is 0 Å². The number of urea groups is 1. The Hall–Kier alpha value is -3.08. The minimum atomic E-state index is -0.228. The normalized spacial score (nSPS) is 14.3. The predicted octanol–water partition coefficient (Wildman–Crippen LogP) is 6.60. The van der Waals surface area contributed by atoms with E-state index in [0.29, 0.717) is 13.1 Å². The molecule has 4 nitrogen and oxygen atoms in total. The number of amides is 2. The summed E-state index contributed by atoms with van der Waals surface area (Å²) in [6.07, 6.45) is 8.50. The lowest BCUT2D eigenvalue weighted by atomic mass is 9.94. The van der Waals surface area contributed by atoms with Crippen LogP contribution in [0.5, 0.6) is 0 Å². The third-order valence-electron chi connectivity index (χ3n) is 6.41. The number of carbonyl (C=O) groups is 1. The van der Waals surface area contributed by atoms with Crippen LogP contribution < -0.4 is 5.32 Å². The molecule has 0 atom stereocenters. The summed E-state index contributed by atoms with van der Waals surface area (Å²) in [6, 6.07) is 18.9. The first-order valence-electron chi connectivity index (χ1n) is 11.7. The molecule has 0 bridgehead atoms. The molecule has 0 spiro atoms. The maximum Gasteiger partial charge on any atom is 0.322 e. The largest absolute Gasteiger partial charge is 0.345 e. The highest BCUT2D eigenvalue weighted by Gasteiger charge is 2.27. The smallest absolute Gasteiger partial charge is 0.322 e. The van der Waals surface area contributed by atoms with Crippen molar-refractivity contribution in [3.63, 3.8) is 0 Å². The summed E-state index contributed by atoms with van der Waals surface area (Å²) >= 11 is 0. The summed E-state index contributed by atoms with van der Waals surface area (Å²) in [5.74, 6) is -0.228. The Labute approximate surface area is 190 Å². The number of benzene rings is 2. The fourth-order valence-electron chi connectivity index (χ4n) is 4.65. The minimum absolute atomic E-state index is 0.0451. The molecule has 2 aromatic carbocycles. The van der Waals surface area contributed by atoms with Gasteiger partial charge in [0.05, 0.1) is 6.54 Å². The topological polar surface area (TPSA) is 37.3 Å². The lowest BCUT2D eigenvalue weighted by Crippen LogP contribution is -2.43. The summed E-state index contributed by atoms with van der Waals surface area (Å²) in [4.78, 5) is 15.5. The van der Waals surface area contributed by atoms with Crippen LogP contribution in [0.15, 0.2) is 66.9 Å². The monoisotopic (exact) mass is 433 g/mol. The number of rotatable bonds is 7. The van der Waals surface area contributed by atoms with Crippen molar-refractivity contribution in [1.29, 1.82) is 0 Å². The first kappa shape index (κ1) is 22.1. The van der Waals surface area contributed by atoms with E-state index in [0.717, 1.165) is 54.6 Å². The first-order chi connectivity index (χ1) is 15.6. The number of nitrogens with one attached hydrogen (secondary N) is 1. The molecule has 168 valence electrons. The number of aryl methyl sites for hydroxylation is 1. The van der Waals surface area contributed by atoms with Gasteiger partial charge in [0, 0.05) is 30.2 Å². The molecule has 32 heavy (non-hydrogen) atoms. The molecule has 1 saturated carbocycles. The summed E-state index contributed by atoms with van der Waals surface area (Å²) in [6.45, 7) is 3.22. The van der Waals surface area contributed by atoms with Gasteiger partial charge >= 0.3 is 6.03 Å². The van der Waals surface area contributed by atoms with Crippen LogP contribution in [0.4, 0.5) is 14.9 Å². The summed E-state index contributed by atoms with van der Waals surface area (Å²) in [5, 5.41) is 3.18. The molecule has 0 radical (unpaired) electrons. The van der Waals surface area contributed by atoms with Crippen LogP contribution in [0.3, 0.4) is 0 Å². The van der Waals surface area contributed by atoms with Gasteiger partial charge in [-0.05, 0) is 60.7 Å². The number of anilines is 1. The predicted molar refractivity (Wildman–Crippen MR) is 127 cm³/mol. The van der Waals surface area contributed by atoms with Crippen molar-refractivity contribution < 1.29 is 9.18 Å². The number of carbonyl (C=O) groups excluding carboxylic acids is 1. The highest BCUT2D eigenvalue weighted by Crippen LogP contribution is 2.26. The zero-order valence-corrected chi connectivity index (χ0v) is 18.8. The number of aromatic nitrogens is 1. The van der Waals surface area contributed by atoms with Crippen LogP contribution in [0, 0.1) is 5.82 Å². The Balaban J connectivity index is 1.55. The van der Waals surface area contributed by atoms with Crippen molar-refractivity contribution in [2.45, 2.75) is 64.6 Å². The molecule has 0 unspecified atom stereocenters. The van der Waals surface area contributed by atoms with Gasteiger partial charge in [-0.3, -0.25) is 0 Å². The van der Waals surface area contributed by atoms with Gasteiger partial charge in [-0.1, -0.05) is 56.5 Å². The number of hydrogen-bond acceptors (Lipinski definition) is 1. The highest BCUT2D eigenvalue weighted by molar-refractivity contribution is 5.90. The quantitative estimate of drug-likeness (QED) is 0.447. The van der Waals surface area contributed by atoms with Crippen molar-refractivity contribution in [2.75, 3.05) is 5.32 Å². The fraction of sp³-hybridized carbons (Fsp3) is 0.370. The minimum Gasteiger partial charge on any atom is -0.345 e. The average molecular weight is 434 g/mol. The van der Waals surface area contributed by atoms with Crippen molar-refractivity contribution in [2.24, 2.45) is 0 Å². The van der Waals surface area contributed by atoms with Gasteiger partial charge in [-0.15, -0.1) is 0 Å². The van der Waals surface area contributed by atoms with Crippen LogP contribution in [-0.2, 0) is 19.5 Å². The van der Waals surface area contributed by atoms with Crippen LogP contribution in [0.1, 0.15) is 55.8 Å². The van der Waals surface area contributed by atoms with E-state index in [1.54, 1.807) is 12.1 Å². The SMILES string of the molecule is CCc1ccccc1NC(=O)N(Cc1cccn1Cc1cccc(F)c1)C1CCCCC1. The van der Waals surface area contributed by atoms with Crippen molar-refractivity contribution >= 4 is 11.7 Å². The lowest BCUT2D eigenvalue weighted by Gasteiger charge is -2.35. The molecule has 5 heteroatoms. The number of halogens is 1. The second-order valence-electron chi connectivity index (χ2n) is 8.62. The zero-order chi connectivity index (χ0) is 22.3. The lowest BCUT2D eigenvalue weighted by molar-refractivity contribution is 0.161.